The van der Waals surface area contributed by atoms with Gasteiger partial charge in [-0.25, -0.2) is 0 Å². The van der Waals surface area contributed by atoms with Crippen LogP contribution in [0.25, 0.3) is 0 Å². The number of aliphatic hydroxyl groups excluding tert-OH is 5. The SMILES string of the molecule is CCCCCC(O)C[C@@]1(O)O[C@H](CO)[C@H](O)[C@H](O)[C@H]1O. The van der Waals surface area contributed by atoms with E-state index in [1.165, 1.54) is 0 Å². The van der Waals surface area contributed by atoms with Crippen molar-refractivity contribution in [2.24, 2.45) is 0 Å². The second-order valence-electron chi connectivity index (χ2n) is 5.46. The highest BCUT2D eigenvalue weighted by Gasteiger charge is 2.53. The normalized spacial score (nSPS) is 39.8. The molecule has 0 aromatic rings. The van der Waals surface area contributed by atoms with E-state index in [1.54, 1.807) is 0 Å². The van der Waals surface area contributed by atoms with Crippen LogP contribution in [0.5, 0.6) is 0 Å². The Kier molecular flexibility index (Phi) is 6.80. The minimum absolute atomic E-state index is 0.293. The Morgan fingerprint density at radius 2 is 1.80 bits per heavy atom. The lowest BCUT2D eigenvalue weighted by Crippen LogP contribution is -2.65. The molecule has 0 aliphatic carbocycles. The third-order valence-electron chi connectivity index (χ3n) is 3.72. The molecule has 6 N–H and O–H groups in total. The van der Waals surface area contributed by atoms with E-state index in [-0.39, 0.29) is 6.42 Å². The van der Waals surface area contributed by atoms with Crippen molar-refractivity contribution in [3.05, 3.63) is 0 Å². The predicted molar refractivity (Wildman–Crippen MR) is 69.7 cm³/mol. The number of rotatable bonds is 7. The second-order valence-corrected chi connectivity index (χ2v) is 5.46. The van der Waals surface area contributed by atoms with Crippen LogP contribution in [0.1, 0.15) is 39.0 Å². The quantitative estimate of drug-likeness (QED) is 0.314. The fraction of sp³-hybridized carbons (Fsp3) is 1.00. The van der Waals surface area contributed by atoms with Crippen LogP contribution in [0.2, 0.25) is 0 Å². The molecular formula is C13H26O7. The van der Waals surface area contributed by atoms with Gasteiger partial charge in [0.2, 0.25) is 0 Å². The van der Waals surface area contributed by atoms with Crippen LogP contribution in [-0.2, 0) is 4.74 Å². The number of unbranched alkanes of at least 4 members (excludes halogenated alkanes) is 2. The fourth-order valence-corrected chi connectivity index (χ4v) is 2.46. The van der Waals surface area contributed by atoms with Crippen molar-refractivity contribution in [3.63, 3.8) is 0 Å². The highest BCUT2D eigenvalue weighted by Crippen LogP contribution is 2.32. The van der Waals surface area contributed by atoms with Gasteiger partial charge in [-0.2, -0.15) is 0 Å². The fourth-order valence-electron chi connectivity index (χ4n) is 2.46. The average molecular weight is 294 g/mol. The van der Waals surface area contributed by atoms with E-state index < -0.39 is 42.9 Å². The van der Waals surface area contributed by atoms with Crippen LogP contribution in [-0.4, -0.2) is 73.6 Å². The van der Waals surface area contributed by atoms with Gasteiger partial charge in [0.25, 0.3) is 0 Å². The minimum atomic E-state index is -2.18. The summed E-state index contributed by atoms with van der Waals surface area (Å²) in [7, 11) is 0. The molecule has 0 saturated carbocycles. The smallest absolute Gasteiger partial charge is 0.197 e. The Morgan fingerprint density at radius 1 is 1.15 bits per heavy atom. The Morgan fingerprint density at radius 3 is 2.35 bits per heavy atom. The molecule has 1 fully saturated rings. The molecule has 6 atom stereocenters. The maximum atomic E-state index is 10.2. The van der Waals surface area contributed by atoms with Crippen molar-refractivity contribution in [1.82, 2.24) is 0 Å². The maximum absolute atomic E-state index is 10.2. The van der Waals surface area contributed by atoms with E-state index in [9.17, 15) is 25.5 Å². The summed E-state index contributed by atoms with van der Waals surface area (Å²) in [6.07, 6.45) is -4.13. The zero-order valence-electron chi connectivity index (χ0n) is 11.7. The van der Waals surface area contributed by atoms with Gasteiger partial charge < -0.3 is 35.4 Å². The van der Waals surface area contributed by atoms with Gasteiger partial charge in [-0.15, -0.1) is 0 Å². The molecule has 1 unspecified atom stereocenters. The van der Waals surface area contributed by atoms with Crippen LogP contribution < -0.4 is 0 Å². The molecule has 1 rings (SSSR count). The lowest BCUT2D eigenvalue weighted by atomic mass is 9.88. The molecule has 1 aliphatic rings. The maximum Gasteiger partial charge on any atom is 0.197 e. The van der Waals surface area contributed by atoms with Crippen LogP contribution >= 0.6 is 0 Å². The lowest BCUT2D eigenvalue weighted by Gasteiger charge is -2.46. The molecule has 0 aromatic carbocycles. The highest BCUT2D eigenvalue weighted by molar-refractivity contribution is 4.96. The van der Waals surface area contributed by atoms with Crippen molar-refractivity contribution >= 4 is 0 Å². The van der Waals surface area contributed by atoms with Gasteiger partial charge in [-0.05, 0) is 6.42 Å². The molecule has 0 radical (unpaired) electrons. The Bertz CT molecular complexity index is 286. The van der Waals surface area contributed by atoms with E-state index in [0.29, 0.717) is 6.42 Å². The third kappa shape index (κ3) is 4.11. The minimum Gasteiger partial charge on any atom is -0.394 e. The molecule has 0 spiro atoms. The van der Waals surface area contributed by atoms with E-state index >= 15 is 0 Å². The molecule has 7 nitrogen and oxygen atoms in total. The number of aliphatic hydroxyl groups is 6. The van der Waals surface area contributed by atoms with Crippen molar-refractivity contribution < 1.29 is 35.4 Å². The van der Waals surface area contributed by atoms with Crippen molar-refractivity contribution in [1.29, 1.82) is 0 Å². The second kappa shape index (κ2) is 7.65. The first kappa shape index (κ1) is 17.8. The molecule has 1 aliphatic heterocycles. The van der Waals surface area contributed by atoms with E-state index in [4.69, 9.17) is 9.84 Å². The van der Waals surface area contributed by atoms with Crippen LogP contribution in [0.15, 0.2) is 0 Å². The summed E-state index contributed by atoms with van der Waals surface area (Å²) >= 11 is 0. The zero-order chi connectivity index (χ0) is 15.3. The lowest BCUT2D eigenvalue weighted by molar-refractivity contribution is -0.355. The highest BCUT2D eigenvalue weighted by atomic mass is 16.7. The van der Waals surface area contributed by atoms with Gasteiger partial charge in [0.15, 0.2) is 5.79 Å². The van der Waals surface area contributed by atoms with E-state index in [2.05, 4.69) is 0 Å². The van der Waals surface area contributed by atoms with Crippen LogP contribution in [0, 0.1) is 0 Å². The molecule has 120 valence electrons. The first-order valence-corrected chi connectivity index (χ1v) is 7.09. The van der Waals surface area contributed by atoms with Gasteiger partial charge in [-0.1, -0.05) is 26.2 Å². The number of hydrogen-bond acceptors (Lipinski definition) is 7. The van der Waals surface area contributed by atoms with Gasteiger partial charge >= 0.3 is 0 Å². The first-order valence-electron chi connectivity index (χ1n) is 7.09. The topological polar surface area (TPSA) is 131 Å². The van der Waals surface area contributed by atoms with Crippen molar-refractivity contribution in [2.75, 3.05) is 6.61 Å². The summed E-state index contributed by atoms with van der Waals surface area (Å²) in [4.78, 5) is 0. The predicted octanol–water partition coefficient (Wildman–Crippen LogP) is -1.52. The van der Waals surface area contributed by atoms with Gasteiger partial charge in [0, 0.05) is 6.42 Å². The Balaban J connectivity index is 2.64. The average Bonchev–Trinajstić information content (AvgIpc) is 2.41. The molecule has 1 saturated heterocycles. The number of ether oxygens (including phenoxy) is 1. The summed E-state index contributed by atoms with van der Waals surface area (Å²) in [5.41, 5.74) is 0. The van der Waals surface area contributed by atoms with Crippen molar-refractivity contribution in [3.8, 4) is 0 Å². The number of hydrogen-bond donors (Lipinski definition) is 6. The van der Waals surface area contributed by atoms with Crippen LogP contribution in [0.4, 0.5) is 0 Å². The zero-order valence-corrected chi connectivity index (χ0v) is 11.7. The van der Waals surface area contributed by atoms with Crippen LogP contribution in [0.3, 0.4) is 0 Å². The third-order valence-corrected chi connectivity index (χ3v) is 3.72. The summed E-state index contributed by atoms with van der Waals surface area (Å²) in [6.45, 7) is 1.41. The standard InChI is InChI=1S/C13H26O7/c1-2-3-4-5-8(15)6-13(19)12(18)11(17)10(16)9(7-14)20-13/h8-12,14-19H,2-7H2,1H3/t8?,9-,10+,11+,12-,13-/m1/s1. The Hall–Kier alpha value is -0.280. The molecule has 20 heavy (non-hydrogen) atoms. The monoisotopic (exact) mass is 294 g/mol. The summed E-state index contributed by atoms with van der Waals surface area (Å²) in [5.74, 6) is -2.18. The molecule has 0 bridgehead atoms. The summed E-state index contributed by atoms with van der Waals surface area (Å²) in [5, 5.41) is 58.2. The molecule has 0 aromatic heterocycles. The Labute approximate surface area is 118 Å². The van der Waals surface area contributed by atoms with Gasteiger partial charge in [0.1, 0.15) is 24.4 Å². The first-order chi connectivity index (χ1) is 9.35. The van der Waals surface area contributed by atoms with E-state index in [0.717, 1.165) is 19.3 Å². The summed E-state index contributed by atoms with van der Waals surface area (Å²) in [6, 6.07) is 0. The summed E-state index contributed by atoms with van der Waals surface area (Å²) < 4.78 is 5.08. The molecule has 7 heteroatoms. The molecule has 1 heterocycles. The van der Waals surface area contributed by atoms with E-state index in [1.807, 2.05) is 6.92 Å². The van der Waals surface area contributed by atoms with Gasteiger partial charge in [0.05, 0.1) is 12.7 Å². The molecule has 0 amide bonds. The largest absolute Gasteiger partial charge is 0.394 e. The van der Waals surface area contributed by atoms with Crippen molar-refractivity contribution in [2.45, 2.75) is 75.3 Å². The van der Waals surface area contributed by atoms with Gasteiger partial charge in [-0.3, -0.25) is 0 Å². The molecular weight excluding hydrogens is 268 g/mol.